The molecule has 2 N–H and O–H groups in total. The van der Waals surface area contributed by atoms with Crippen molar-refractivity contribution in [3.8, 4) is 5.75 Å². The highest BCUT2D eigenvalue weighted by Gasteiger charge is 1.97. The fourth-order valence-electron chi connectivity index (χ4n) is 0.993. The Morgan fingerprint density at radius 3 is 2.50 bits per heavy atom. The summed E-state index contributed by atoms with van der Waals surface area (Å²) in [4.78, 5) is 0. The van der Waals surface area contributed by atoms with Gasteiger partial charge in [0.25, 0.3) is 0 Å². The molecule has 86 valence electrons. The smallest absolute Gasteiger partial charge is 0.157 e. The molecule has 0 aromatic heterocycles. The van der Waals surface area contributed by atoms with E-state index in [1.54, 1.807) is 7.11 Å². The Balaban J connectivity index is 2.49. The Kier molecular flexibility index (Phi) is 5.48. The molecule has 0 unspecified atom stereocenters. The summed E-state index contributed by atoms with van der Waals surface area (Å²) in [5, 5.41) is 11.2. The van der Waals surface area contributed by atoms with Crippen LogP contribution in [-0.4, -0.2) is 16.4 Å². The maximum Gasteiger partial charge on any atom is 0.157 e. The molecule has 16 heavy (non-hydrogen) atoms. The third-order valence-electron chi connectivity index (χ3n) is 1.80. The average Bonchev–Trinajstić information content (AvgIpc) is 2.29. The van der Waals surface area contributed by atoms with Crippen molar-refractivity contribution in [2.45, 2.75) is 6.54 Å². The minimum atomic E-state index is 0.203. The average molecular weight is 349 g/mol. The van der Waals surface area contributed by atoms with Crippen LogP contribution in [0.3, 0.4) is 0 Å². The molecule has 1 aromatic carbocycles. The van der Waals surface area contributed by atoms with Gasteiger partial charge in [0.05, 0.1) is 13.7 Å². The Morgan fingerprint density at radius 2 is 2.00 bits per heavy atom. The second-order valence-corrected chi connectivity index (χ2v) is 4.44. The third kappa shape index (κ3) is 4.32. The van der Waals surface area contributed by atoms with Gasteiger partial charge in [0.15, 0.2) is 4.62 Å². The molecule has 0 aliphatic heterocycles. The molecule has 0 aliphatic rings. The summed E-state index contributed by atoms with van der Waals surface area (Å²) in [5.74, 6) is 0.829. The van der Waals surface area contributed by atoms with Gasteiger partial charge in [-0.05, 0) is 49.6 Å². The van der Waals surface area contributed by atoms with Crippen LogP contribution in [0, 0.1) is 5.41 Å². The summed E-state index contributed by atoms with van der Waals surface area (Å²) in [6, 6.07) is 7.69. The highest BCUT2D eigenvalue weighted by molar-refractivity contribution is 9.24. The Labute approximate surface area is 111 Å². The fourth-order valence-corrected chi connectivity index (χ4v) is 1.21. The number of hydrogen-bond acceptors (Lipinski definition) is 4. The maximum atomic E-state index is 7.22. The molecular weight excluding hydrogens is 338 g/mol. The van der Waals surface area contributed by atoms with Crippen molar-refractivity contribution in [1.82, 2.24) is 5.43 Å². The Hall–Kier alpha value is -0.880. The lowest BCUT2D eigenvalue weighted by atomic mass is 10.2. The minimum absolute atomic E-state index is 0.203. The van der Waals surface area contributed by atoms with Crippen LogP contribution in [0.15, 0.2) is 29.4 Å². The topological polar surface area (TPSA) is 57.5 Å². The molecule has 0 fully saturated rings. The normalized spacial score (nSPS) is 11.1. The summed E-state index contributed by atoms with van der Waals surface area (Å²) < 4.78 is 5.69. The van der Waals surface area contributed by atoms with Gasteiger partial charge in [-0.1, -0.05) is 12.1 Å². The standard InChI is InChI=1S/C10H11Br2N3O/c1-16-8-4-2-7(3-5-8)6-14-15-10(12)9(11)13/h2-5,13-14H,6H2,1H3/b13-9?,15-10+. The van der Waals surface area contributed by atoms with Crippen molar-refractivity contribution in [3.05, 3.63) is 29.8 Å². The summed E-state index contributed by atoms with van der Waals surface area (Å²) in [6.07, 6.45) is 0. The first-order valence-electron chi connectivity index (χ1n) is 4.47. The van der Waals surface area contributed by atoms with Crippen LogP contribution >= 0.6 is 31.9 Å². The molecule has 6 heteroatoms. The van der Waals surface area contributed by atoms with Crippen molar-refractivity contribution < 1.29 is 4.74 Å². The number of hydrogen-bond donors (Lipinski definition) is 2. The lowest BCUT2D eigenvalue weighted by Gasteiger charge is -2.03. The lowest BCUT2D eigenvalue weighted by molar-refractivity contribution is 0.414. The van der Waals surface area contributed by atoms with Crippen LogP contribution in [0.4, 0.5) is 0 Å². The molecule has 0 bridgehead atoms. The number of methoxy groups -OCH3 is 1. The van der Waals surface area contributed by atoms with E-state index >= 15 is 0 Å². The van der Waals surface area contributed by atoms with Crippen LogP contribution < -0.4 is 10.2 Å². The maximum absolute atomic E-state index is 7.22. The number of nitrogens with zero attached hydrogens (tertiary/aromatic N) is 1. The second kappa shape index (κ2) is 6.65. The largest absolute Gasteiger partial charge is 0.497 e. The molecular formula is C10H11Br2N3O. The van der Waals surface area contributed by atoms with Crippen molar-refractivity contribution in [2.24, 2.45) is 5.10 Å². The predicted octanol–water partition coefficient (Wildman–Crippen LogP) is 2.87. The molecule has 0 amide bonds. The van der Waals surface area contributed by atoms with Gasteiger partial charge in [0.1, 0.15) is 10.4 Å². The van der Waals surface area contributed by atoms with E-state index in [1.807, 2.05) is 24.3 Å². The molecule has 0 aliphatic carbocycles. The summed E-state index contributed by atoms with van der Waals surface area (Å²) in [6.45, 7) is 0.597. The Morgan fingerprint density at radius 1 is 1.38 bits per heavy atom. The predicted molar refractivity (Wildman–Crippen MR) is 72.8 cm³/mol. The number of hydrazone groups is 1. The summed E-state index contributed by atoms with van der Waals surface area (Å²) in [7, 11) is 1.64. The number of benzene rings is 1. The van der Waals surface area contributed by atoms with Crippen molar-refractivity contribution in [1.29, 1.82) is 5.41 Å². The van der Waals surface area contributed by atoms with Gasteiger partial charge in [0.2, 0.25) is 0 Å². The van der Waals surface area contributed by atoms with Crippen molar-refractivity contribution in [3.63, 3.8) is 0 Å². The molecule has 4 nitrogen and oxygen atoms in total. The molecule has 1 aromatic rings. The van der Waals surface area contributed by atoms with Gasteiger partial charge >= 0.3 is 0 Å². The molecule has 0 heterocycles. The number of ether oxygens (including phenoxy) is 1. The van der Waals surface area contributed by atoms with Crippen molar-refractivity contribution >= 4 is 41.1 Å². The zero-order valence-corrected chi connectivity index (χ0v) is 11.8. The van der Waals surface area contributed by atoms with Crippen LogP contribution in [0.5, 0.6) is 5.75 Å². The first-order chi connectivity index (χ1) is 7.63. The molecule has 0 saturated heterocycles. The highest BCUT2D eigenvalue weighted by Crippen LogP contribution is 2.10. The van der Waals surface area contributed by atoms with Crippen LogP contribution in [-0.2, 0) is 6.54 Å². The first-order valence-corrected chi connectivity index (χ1v) is 6.05. The minimum Gasteiger partial charge on any atom is -0.497 e. The Bertz CT molecular complexity index is 390. The number of rotatable bonds is 5. The van der Waals surface area contributed by atoms with Gasteiger partial charge in [-0.15, -0.1) is 0 Å². The summed E-state index contributed by atoms with van der Waals surface area (Å²) >= 11 is 6.13. The molecule has 0 spiro atoms. The lowest BCUT2D eigenvalue weighted by Crippen LogP contribution is -2.09. The van der Waals surface area contributed by atoms with E-state index in [0.29, 0.717) is 11.2 Å². The van der Waals surface area contributed by atoms with Crippen molar-refractivity contribution in [2.75, 3.05) is 7.11 Å². The SMILES string of the molecule is COc1ccc(CN/N=C(/Br)C(=N)Br)cc1. The van der Waals surface area contributed by atoms with E-state index in [1.165, 1.54) is 0 Å². The van der Waals surface area contributed by atoms with E-state index in [0.717, 1.165) is 11.3 Å². The highest BCUT2D eigenvalue weighted by atomic mass is 79.9. The zero-order chi connectivity index (χ0) is 12.0. The third-order valence-corrected chi connectivity index (χ3v) is 3.28. The van der Waals surface area contributed by atoms with Crippen LogP contribution in [0.25, 0.3) is 0 Å². The zero-order valence-electron chi connectivity index (χ0n) is 8.63. The number of nitrogens with one attached hydrogen (secondary N) is 2. The van der Waals surface area contributed by atoms with Gasteiger partial charge in [0, 0.05) is 0 Å². The monoisotopic (exact) mass is 347 g/mol. The molecule has 0 atom stereocenters. The first kappa shape index (κ1) is 13.2. The van der Waals surface area contributed by atoms with E-state index in [4.69, 9.17) is 10.1 Å². The van der Waals surface area contributed by atoms with E-state index in [2.05, 4.69) is 42.4 Å². The molecule has 1 rings (SSSR count). The molecule has 0 radical (unpaired) electrons. The van der Waals surface area contributed by atoms with Gasteiger partial charge < -0.3 is 10.2 Å². The second-order valence-electron chi connectivity index (χ2n) is 2.90. The quantitative estimate of drug-likeness (QED) is 0.635. The van der Waals surface area contributed by atoms with E-state index in [9.17, 15) is 0 Å². The fraction of sp³-hybridized carbons (Fsp3) is 0.200. The van der Waals surface area contributed by atoms with Crippen LogP contribution in [0.1, 0.15) is 5.56 Å². The van der Waals surface area contributed by atoms with Gasteiger partial charge in [-0.2, -0.15) is 5.10 Å². The van der Waals surface area contributed by atoms with Gasteiger partial charge in [-0.3, -0.25) is 5.41 Å². The van der Waals surface area contributed by atoms with E-state index in [-0.39, 0.29) is 4.62 Å². The molecule has 0 saturated carbocycles. The van der Waals surface area contributed by atoms with E-state index < -0.39 is 0 Å². The van der Waals surface area contributed by atoms with Gasteiger partial charge in [-0.25, -0.2) is 0 Å². The van der Waals surface area contributed by atoms with Crippen LogP contribution in [0.2, 0.25) is 0 Å². The number of halogens is 2. The summed E-state index contributed by atoms with van der Waals surface area (Å²) in [5.41, 5.74) is 3.94.